The molecule has 1 saturated carbocycles. The molecule has 30 heavy (non-hydrogen) atoms. The van der Waals surface area contributed by atoms with E-state index in [1.54, 1.807) is 31.2 Å². The summed E-state index contributed by atoms with van der Waals surface area (Å²) in [5.41, 5.74) is 2.26. The molecule has 1 aliphatic carbocycles. The lowest BCUT2D eigenvalue weighted by molar-refractivity contribution is -0.147. The van der Waals surface area contributed by atoms with Gasteiger partial charge in [-0.15, -0.1) is 0 Å². The Morgan fingerprint density at radius 3 is 2.53 bits per heavy atom. The van der Waals surface area contributed by atoms with Gasteiger partial charge in [0.25, 0.3) is 5.91 Å². The number of phenolic OH excluding ortho intramolecular Hbond substituents is 1. The van der Waals surface area contributed by atoms with Crippen LogP contribution in [0, 0.1) is 6.92 Å². The van der Waals surface area contributed by atoms with E-state index in [4.69, 9.17) is 27.9 Å². The van der Waals surface area contributed by atoms with E-state index in [0.29, 0.717) is 32.7 Å². The van der Waals surface area contributed by atoms with Crippen LogP contribution in [-0.4, -0.2) is 27.7 Å². The number of aromatic nitrogens is 1. The van der Waals surface area contributed by atoms with E-state index in [0.717, 1.165) is 25.7 Å². The Labute approximate surface area is 184 Å². The van der Waals surface area contributed by atoms with Crippen molar-refractivity contribution in [2.24, 2.45) is 0 Å². The predicted octanol–water partition coefficient (Wildman–Crippen LogP) is 5.68. The molecular formula is C23H21Cl2NO4. The Morgan fingerprint density at radius 1 is 1.10 bits per heavy atom. The molecule has 0 atom stereocenters. The van der Waals surface area contributed by atoms with Crippen molar-refractivity contribution in [3.63, 3.8) is 0 Å². The molecule has 0 radical (unpaired) electrons. The highest BCUT2D eigenvalue weighted by atomic mass is 35.5. The Hall–Kier alpha value is -2.50. The highest BCUT2D eigenvalue weighted by Gasteiger charge is 2.25. The molecule has 0 spiro atoms. The summed E-state index contributed by atoms with van der Waals surface area (Å²) < 4.78 is 7.14. The second kappa shape index (κ2) is 8.32. The number of halogens is 2. The summed E-state index contributed by atoms with van der Waals surface area (Å²) in [5.74, 6) is -0.557. The molecule has 0 aliphatic heterocycles. The maximum atomic E-state index is 13.3. The van der Waals surface area contributed by atoms with Crippen molar-refractivity contribution in [1.82, 2.24) is 4.57 Å². The van der Waals surface area contributed by atoms with Gasteiger partial charge in [-0.1, -0.05) is 23.2 Å². The van der Waals surface area contributed by atoms with Crippen LogP contribution >= 0.6 is 23.2 Å². The first-order valence-corrected chi connectivity index (χ1v) is 10.6. The summed E-state index contributed by atoms with van der Waals surface area (Å²) in [6.07, 6.45) is 3.93. The second-order valence-electron chi connectivity index (χ2n) is 7.61. The van der Waals surface area contributed by atoms with E-state index in [-0.39, 0.29) is 35.2 Å². The summed E-state index contributed by atoms with van der Waals surface area (Å²) in [7, 11) is 0. The fraction of sp³-hybridized carbons (Fsp3) is 0.304. The molecule has 2 aromatic carbocycles. The zero-order chi connectivity index (χ0) is 21.4. The number of hydrogen-bond donors (Lipinski definition) is 1. The summed E-state index contributed by atoms with van der Waals surface area (Å²) in [5, 5.41) is 11.3. The van der Waals surface area contributed by atoms with Crippen molar-refractivity contribution < 1.29 is 19.4 Å². The Morgan fingerprint density at radius 2 is 1.83 bits per heavy atom. The molecule has 156 valence electrons. The summed E-state index contributed by atoms with van der Waals surface area (Å²) >= 11 is 12.1. The van der Waals surface area contributed by atoms with Gasteiger partial charge >= 0.3 is 5.97 Å². The predicted molar refractivity (Wildman–Crippen MR) is 117 cm³/mol. The summed E-state index contributed by atoms with van der Waals surface area (Å²) in [6.45, 7) is 1.78. The van der Waals surface area contributed by atoms with Crippen LogP contribution in [0.2, 0.25) is 10.0 Å². The molecular weight excluding hydrogens is 425 g/mol. The monoisotopic (exact) mass is 445 g/mol. The maximum absolute atomic E-state index is 13.3. The van der Waals surface area contributed by atoms with Crippen molar-refractivity contribution in [1.29, 1.82) is 0 Å². The van der Waals surface area contributed by atoms with Crippen molar-refractivity contribution in [2.75, 3.05) is 0 Å². The standard InChI is InChI=1S/C23H21Cl2NO4/c1-13-17(12-22(28)30-16-4-2-3-5-16)18-11-15(27)7-9-21(18)26(13)23(29)14-6-8-19(24)20(25)10-14/h6-11,16,27H,2-5,12H2,1H3. The second-order valence-corrected chi connectivity index (χ2v) is 8.42. The lowest BCUT2D eigenvalue weighted by atomic mass is 10.1. The van der Waals surface area contributed by atoms with Gasteiger partial charge in [0.05, 0.1) is 22.0 Å². The first-order chi connectivity index (χ1) is 14.3. The molecule has 4 rings (SSSR count). The van der Waals surface area contributed by atoms with Crippen molar-refractivity contribution >= 4 is 46.0 Å². The molecule has 7 heteroatoms. The lowest BCUT2D eigenvalue weighted by Crippen LogP contribution is -2.17. The molecule has 3 aromatic rings. The van der Waals surface area contributed by atoms with Gasteiger partial charge in [-0.25, -0.2) is 0 Å². The van der Waals surface area contributed by atoms with Gasteiger partial charge in [-0.2, -0.15) is 0 Å². The Bertz CT molecular complexity index is 1150. The van der Waals surface area contributed by atoms with Gasteiger partial charge in [0.2, 0.25) is 0 Å². The van der Waals surface area contributed by atoms with Crippen LogP contribution in [0.1, 0.15) is 47.3 Å². The molecule has 5 nitrogen and oxygen atoms in total. The molecule has 0 amide bonds. The quantitative estimate of drug-likeness (QED) is 0.524. The zero-order valence-corrected chi connectivity index (χ0v) is 18.0. The Balaban J connectivity index is 1.75. The minimum absolute atomic E-state index is 0.0302. The molecule has 0 unspecified atom stereocenters. The number of fused-ring (bicyclic) bond motifs is 1. The van der Waals surface area contributed by atoms with Crippen molar-refractivity contribution in [3.8, 4) is 5.75 Å². The van der Waals surface area contributed by atoms with Gasteiger partial charge in [-0.05, 0) is 74.6 Å². The van der Waals surface area contributed by atoms with Crippen molar-refractivity contribution in [3.05, 3.63) is 63.3 Å². The molecule has 0 bridgehead atoms. The average molecular weight is 446 g/mol. The number of hydrogen-bond acceptors (Lipinski definition) is 4. The maximum Gasteiger partial charge on any atom is 0.310 e. The van der Waals surface area contributed by atoms with Crippen LogP contribution in [0.3, 0.4) is 0 Å². The fourth-order valence-corrected chi connectivity index (χ4v) is 4.39. The third-order valence-corrected chi connectivity index (χ3v) is 6.35. The van der Waals surface area contributed by atoms with Crippen molar-refractivity contribution in [2.45, 2.75) is 45.1 Å². The van der Waals surface area contributed by atoms with Gasteiger partial charge < -0.3 is 9.84 Å². The molecule has 1 N–H and O–H groups in total. The van der Waals surface area contributed by atoms with E-state index in [9.17, 15) is 14.7 Å². The number of nitrogens with zero attached hydrogens (tertiary/aromatic N) is 1. The Kier molecular flexibility index (Phi) is 5.76. The highest BCUT2D eigenvalue weighted by molar-refractivity contribution is 6.42. The van der Waals surface area contributed by atoms with Gasteiger partial charge in [0.1, 0.15) is 11.9 Å². The van der Waals surface area contributed by atoms with E-state index in [1.165, 1.54) is 16.7 Å². The molecule has 1 aromatic heterocycles. The number of aromatic hydroxyl groups is 1. The van der Waals surface area contributed by atoms with Crippen LogP contribution in [-0.2, 0) is 16.0 Å². The minimum Gasteiger partial charge on any atom is -0.508 e. The van der Waals surface area contributed by atoms with E-state index >= 15 is 0 Å². The normalized spacial score (nSPS) is 14.4. The van der Waals surface area contributed by atoms with Crippen LogP contribution in [0.4, 0.5) is 0 Å². The topological polar surface area (TPSA) is 68.5 Å². The third-order valence-electron chi connectivity index (χ3n) is 5.61. The summed E-state index contributed by atoms with van der Waals surface area (Å²) in [4.78, 5) is 25.9. The number of benzene rings is 2. The van der Waals surface area contributed by atoms with Crippen LogP contribution in [0.25, 0.3) is 10.9 Å². The van der Waals surface area contributed by atoms with Crippen LogP contribution in [0.5, 0.6) is 5.75 Å². The number of phenols is 1. The molecule has 0 saturated heterocycles. The largest absolute Gasteiger partial charge is 0.508 e. The number of carbonyl (C=O) groups excluding carboxylic acids is 2. The number of ether oxygens (including phenoxy) is 1. The lowest BCUT2D eigenvalue weighted by Gasteiger charge is -2.12. The van der Waals surface area contributed by atoms with E-state index in [2.05, 4.69) is 0 Å². The first kappa shape index (κ1) is 20.8. The van der Waals surface area contributed by atoms with Gasteiger partial charge in [-0.3, -0.25) is 14.2 Å². The first-order valence-electron chi connectivity index (χ1n) is 9.87. The molecule has 1 fully saturated rings. The van der Waals surface area contributed by atoms with Gasteiger partial charge in [0, 0.05) is 16.6 Å². The minimum atomic E-state index is -0.325. The third kappa shape index (κ3) is 3.92. The zero-order valence-electron chi connectivity index (χ0n) is 16.5. The fourth-order valence-electron chi connectivity index (χ4n) is 4.09. The smallest absolute Gasteiger partial charge is 0.310 e. The van der Waals surface area contributed by atoms with E-state index < -0.39 is 0 Å². The molecule has 1 aliphatic rings. The number of carbonyl (C=O) groups is 2. The number of rotatable bonds is 4. The van der Waals surface area contributed by atoms with Gasteiger partial charge in [0.15, 0.2) is 0 Å². The molecule has 1 heterocycles. The highest BCUT2D eigenvalue weighted by Crippen LogP contribution is 2.32. The summed E-state index contributed by atoms with van der Waals surface area (Å²) in [6, 6.07) is 9.45. The van der Waals surface area contributed by atoms with Crippen LogP contribution < -0.4 is 0 Å². The SMILES string of the molecule is Cc1c(CC(=O)OC2CCCC2)c2cc(O)ccc2n1C(=O)c1ccc(Cl)c(Cl)c1. The van der Waals surface area contributed by atoms with E-state index in [1.807, 2.05) is 0 Å². The van der Waals surface area contributed by atoms with Crippen LogP contribution in [0.15, 0.2) is 36.4 Å². The number of esters is 1. The average Bonchev–Trinajstić information content (AvgIpc) is 3.30.